The Balaban J connectivity index is 2.12. The van der Waals surface area contributed by atoms with Crippen LogP contribution in [0.25, 0.3) is 0 Å². The molecule has 0 saturated heterocycles. The molecular formula is C13H16N6. The summed E-state index contributed by atoms with van der Waals surface area (Å²) in [6.45, 7) is 4.62. The molecule has 0 radical (unpaired) electrons. The van der Waals surface area contributed by atoms with Gasteiger partial charge in [0, 0.05) is 12.7 Å². The Morgan fingerprint density at radius 2 is 2.37 bits per heavy atom. The number of allylic oxidation sites excluding steroid dienone is 1. The Hall–Kier alpha value is -2.37. The molecule has 0 amide bonds. The van der Waals surface area contributed by atoms with Crippen LogP contribution in [0.5, 0.6) is 0 Å². The van der Waals surface area contributed by atoms with Gasteiger partial charge in [-0.1, -0.05) is 12.1 Å². The van der Waals surface area contributed by atoms with Gasteiger partial charge in [0.05, 0.1) is 5.71 Å². The van der Waals surface area contributed by atoms with E-state index >= 15 is 0 Å². The lowest BCUT2D eigenvalue weighted by Crippen LogP contribution is -2.34. The quantitative estimate of drug-likeness (QED) is 0.838. The zero-order valence-corrected chi connectivity index (χ0v) is 11.0. The molecule has 1 aromatic rings. The maximum Gasteiger partial charge on any atom is 0.218 e. The maximum atomic E-state index is 4.36. The van der Waals surface area contributed by atoms with E-state index in [0.717, 1.165) is 5.71 Å². The van der Waals surface area contributed by atoms with E-state index in [0.29, 0.717) is 18.1 Å². The standard InChI is InChI=1S/C13H16N6/c1-3-7-10(14-4-2)12-16-18-13(19-17-12)11-8-5-6-9-15-11/h3,5-9,12,16H,4H2,1-2H3/b7-3-,14-10?. The molecule has 0 fully saturated rings. The molecule has 1 unspecified atom stereocenters. The van der Waals surface area contributed by atoms with E-state index in [-0.39, 0.29) is 6.17 Å². The highest BCUT2D eigenvalue weighted by Gasteiger charge is 2.17. The number of hydrogen-bond acceptors (Lipinski definition) is 6. The number of pyridine rings is 1. The monoisotopic (exact) mass is 256 g/mol. The van der Waals surface area contributed by atoms with E-state index < -0.39 is 0 Å². The van der Waals surface area contributed by atoms with Crippen LogP contribution in [-0.2, 0) is 0 Å². The van der Waals surface area contributed by atoms with Gasteiger partial charge in [-0.15, -0.1) is 5.11 Å². The first kappa shape index (κ1) is 13.1. The molecule has 1 aromatic heterocycles. The van der Waals surface area contributed by atoms with Crippen molar-refractivity contribution in [1.29, 1.82) is 0 Å². The lowest BCUT2D eigenvalue weighted by atomic mass is 10.2. The van der Waals surface area contributed by atoms with Crippen LogP contribution in [0.4, 0.5) is 0 Å². The Morgan fingerprint density at radius 3 is 2.95 bits per heavy atom. The lowest BCUT2D eigenvalue weighted by molar-refractivity contribution is 0.630. The first-order valence-electron chi connectivity index (χ1n) is 6.17. The third-order valence-corrected chi connectivity index (χ3v) is 2.41. The number of amidine groups is 1. The summed E-state index contributed by atoms with van der Waals surface area (Å²) < 4.78 is 0. The number of hydrazone groups is 1. The molecule has 0 aromatic carbocycles. The molecule has 0 aliphatic carbocycles. The van der Waals surface area contributed by atoms with E-state index in [9.17, 15) is 0 Å². The Kier molecular flexibility index (Phi) is 4.49. The van der Waals surface area contributed by atoms with Gasteiger partial charge in [0.2, 0.25) is 5.84 Å². The zero-order chi connectivity index (χ0) is 13.5. The van der Waals surface area contributed by atoms with Gasteiger partial charge in [-0.3, -0.25) is 15.4 Å². The fourth-order valence-electron chi connectivity index (χ4n) is 1.60. The highest BCUT2D eigenvalue weighted by Crippen LogP contribution is 2.06. The minimum Gasteiger partial charge on any atom is -0.286 e. The highest BCUT2D eigenvalue weighted by atomic mass is 15.5. The molecule has 1 atom stereocenters. The predicted octanol–water partition coefficient (Wildman–Crippen LogP) is 2.16. The van der Waals surface area contributed by atoms with Gasteiger partial charge in [-0.25, -0.2) is 0 Å². The molecule has 1 aliphatic rings. The molecule has 6 heteroatoms. The van der Waals surface area contributed by atoms with E-state index in [1.807, 2.05) is 44.2 Å². The zero-order valence-electron chi connectivity index (χ0n) is 11.0. The second kappa shape index (κ2) is 6.53. The third kappa shape index (κ3) is 3.31. The lowest BCUT2D eigenvalue weighted by Gasteiger charge is -2.15. The van der Waals surface area contributed by atoms with Crippen molar-refractivity contribution >= 4 is 11.5 Å². The third-order valence-electron chi connectivity index (χ3n) is 2.41. The van der Waals surface area contributed by atoms with Gasteiger partial charge in [-0.2, -0.15) is 10.2 Å². The van der Waals surface area contributed by atoms with E-state index in [1.54, 1.807) is 6.20 Å². The fraction of sp³-hybridized carbons (Fsp3) is 0.308. The van der Waals surface area contributed by atoms with E-state index in [2.05, 4.69) is 30.7 Å². The van der Waals surface area contributed by atoms with Gasteiger partial charge in [0.25, 0.3) is 0 Å². The smallest absolute Gasteiger partial charge is 0.218 e. The summed E-state index contributed by atoms with van der Waals surface area (Å²) in [7, 11) is 0. The first-order valence-corrected chi connectivity index (χ1v) is 6.17. The van der Waals surface area contributed by atoms with Gasteiger partial charge in [0.1, 0.15) is 5.69 Å². The van der Waals surface area contributed by atoms with Gasteiger partial charge in [0.15, 0.2) is 6.17 Å². The van der Waals surface area contributed by atoms with Crippen LogP contribution in [0.15, 0.2) is 56.9 Å². The molecular weight excluding hydrogens is 240 g/mol. The van der Waals surface area contributed by atoms with Crippen molar-refractivity contribution in [3.05, 3.63) is 42.2 Å². The van der Waals surface area contributed by atoms with Crippen molar-refractivity contribution in [2.45, 2.75) is 20.0 Å². The van der Waals surface area contributed by atoms with Crippen LogP contribution in [0.2, 0.25) is 0 Å². The second-order valence-corrected chi connectivity index (χ2v) is 3.80. The van der Waals surface area contributed by atoms with Crippen molar-refractivity contribution in [2.24, 2.45) is 20.3 Å². The van der Waals surface area contributed by atoms with Crippen LogP contribution >= 0.6 is 0 Å². The Morgan fingerprint density at radius 1 is 1.47 bits per heavy atom. The van der Waals surface area contributed by atoms with Crippen molar-refractivity contribution in [3.8, 4) is 0 Å². The number of rotatable bonds is 4. The first-order chi connectivity index (χ1) is 9.35. The molecule has 19 heavy (non-hydrogen) atoms. The number of aliphatic imine (C=N–C) groups is 1. The van der Waals surface area contributed by atoms with Crippen LogP contribution in [0.3, 0.4) is 0 Å². The SMILES string of the molecule is C/C=C\C(=NCC)C1N=NC(c2ccccn2)=NN1. The average Bonchev–Trinajstić information content (AvgIpc) is 2.48. The van der Waals surface area contributed by atoms with Gasteiger partial charge < -0.3 is 0 Å². The maximum absolute atomic E-state index is 4.36. The molecule has 2 rings (SSSR count). The minimum atomic E-state index is -0.330. The summed E-state index contributed by atoms with van der Waals surface area (Å²) in [5, 5.41) is 12.5. The normalized spacial score (nSPS) is 19.4. The summed E-state index contributed by atoms with van der Waals surface area (Å²) in [6, 6.07) is 5.57. The predicted molar refractivity (Wildman–Crippen MR) is 75.3 cm³/mol. The summed E-state index contributed by atoms with van der Waals surface area (Å²) in [5.41, 5.74) is 4.45. The number of aromatic nitrogens is 1. The molecule has 1 aliphatic heterocycles. The summed E-state index contributed by atoms with van der Waals surface area (Å²) >= 11 is 0. The van der Waals surface area contributed by atoms with Gasteiger partial charge >= 0.3 is 0 Å². The molecule has 98 valence electrons. The van der Waals surface area contributed by atoms with Crippen LogP contribution < -0.4 is 5.43 Å². The summed E-state index contributed by atoms with van der Waals surface area (Å²) in [6.07, 6.45) is 5.19. The highest BCUT2D eigenvalue weighted by molar-refractivity contribution is 6.01. The topological polar surface area (TPSA) is 74.4 Å². The molecule has 0 saturated carbocycles. The Bertz CT molecular complexity index is 529. The van der Waals surface area contributed by atoms with E-state index in [1.165, 1.54) is 0 Å². The number of hydrogen-bond donors (Lipinski definition) is 1. The Labute approximate surface area is 112 Å². The van der Waals surface area contributed by atoms with Crippen molar-refractivity contribution in [1.82, 2.24) is 10.4 Å². The molecule has 0 bridgehead atoms. The van der Waals surface area contributed by atoms with Crippen molar-refractivity contribution in [2.75, 3.05) is 6.54 Å². The van der Waals surface area contributed by atoms with Crippen molar-refractivity contribution < 1.29 is 0 Å². The second-order valence-electron chi connectivity index (χ2n) is 3.80. The number of nitrogens with zero attached hydrogens (tertiary/aromatic N) is 5. The van der Waals surface area contributed by atoms with Crippen LogP contribution in [0, 0.1) is 0 Å². The largest absolute Gasteiger partial charge is 0.286 e. The number of nitrogens with one attached hydrogen (secondary N) is 1. The fourth-order valence-corrected chi connectivity index (χ4v) is 1.60. The van der Waals surface area contributed by atoms with Crippen LogP contribution in [-0.4, -0.2) is 29.2 Å². The molecule has 0 spiro atoms. The molecule has 1 N–H and O–H groups in total. The molecule has 2 heterocycles. The summed E-state index contributed by atoms with van der Waals surface area (Å²) in [5.74, 6) is 0.480. The summed E-state index contributed by atoms with van der Waals surface area (Å²) in [4.78, 5) is 8.54. The van der Waals surface area contributed by atoms with Crippen molar-refractivity contribution in [3.63, 3.8) is 0 Å². The van der Waals surface area contributed by atoms with E-state index in [4.69, 9.17) is 0 Å². The van der Waals surface area contributed by atoms with Gasteiger partial charge in [-0.05, 0) is 32.1 Å². The molecule has 6 nitrogen and oxygen atoms in total. The average molecular weight is 256 g/mol. The minimum absolute atomic E-state index is 0.330. The van der Waals surface area contributed by atoms with Crippen LogP contribution in [0.1, 0.15) is 19.5 Å². The number of azo groups is 1.